The van der Waals surface area contributed by atoms with E-state index in [4.69, 9.17) is 23.9 Å². The van der Waals surface area contributed by atoms with Crippen LogP contribution < -0.4 is 18.9 Å². The number of benzene rings is 5. The zero-order valence-corrected chi connectivity index (χ0v) is 30.5. The Bertz CT molecular complexity index is 2040. The maximum Gasteiger partial charge on any atom is 0.336 e. The largest absolute Gasteiger partial charge is 0.489 e. The number of nitrogens with zero attached hydrogens (tertiary/aromatic N) is 1. The van der Waals surface area contributed by atoms with Crippen molar-refractivity contribution in [3.63, 3.8) is 0 Å². The van der Waals surface area contributed by atoms with Gasteiger partial charge in [-0.1, -0.05) is 100 Å². The smallest absolute Gasteiger partial charge is 0.336 e. The molecule has 7 aliphatic rings. The number of hydrogen-bond acceptors (Lipinski definition) is 6. The Balaban J connectivity index is 1.17. The molecule has 7 heteroatoms. The molecule has 0 saturated carbocycles. The molecule has 0 radical (unpaired) electrons. The van der Waals surface area contributed by atoms with Gasteiger partial charge < -0.3 is 24.1 Å². The summed E-state index contributed by atoms with van der Waals surface area (Å²) in [7, 11) is 0. The number of aromatic nitrogens is 1. The topological polar surface area (TPSA) is 87.1 Å². The Morgan fingerprint density at radius 3 is 1.09 bits per heavy atom. The van der Waals surface area contributed by atoms with Crippen molar-refractivity contribution in [3.05, 3.63) is 184 Å². The van der Waals surface area contributed by atoms with Gasteiger partial charge in [-0.25, -0.2) is 4.79 Å². The quantitative estimate of drug-likeness (QED) is 0.182. The number of carboxylic acids is 1. The van der Waals surface area contributed by atoms with Gasteiger partial charge in [-0.05, 0) is 82.9 Å². The summed E-state index contributed by atoms with van der Waals surface area (Å²) in [5, 5.41) is 10.2. The highest BCUT2D eigenvalue weighted by Gasteiger charge is 2.25. The van der Waals surface area contributed by atoms with Crippen molar-refractivity contribution in [1.29, 1.82) is 0 Å². The maximum absolute atomic E-state index is 12.5. The molecule has 0 aliphatic carbocycles. The minimum atomic E-state index is -1.02. The highest BCUT2D eigenvalue weighted by atomic mass is 16.5. The van der Waals surface area contributed by atoms with Gasteiger partial charge in [0.2, 0.25) is 0 Å². The average molecular weight is 706 g/mol. The van der Waals surface area contributed by atoms with Crippen LogP contribution >= 0.6 is 0 Å². The molecule has 5 aromatic carbocycles. The first-order valence-electron chi connectivity index (χ1n) is 17.8. The first-order valence-corrected chi connectivity index (χ1v) is 17.8. The molecule has 6 aromatic rings. The van der Waals surface area contributed by atoms with E-state index in [0.717, 1.165) is 45.1 Å². The SMILES string of the molecule is CC1(C)c2ccc(cc2)OCc2cccc(n2)COc2ccc(cc2)C(C)(C)c2ccc(cc2)OCc2cccc(c2C(=O)O)COc2ccc1cc2. The molecule has 0 unspecified atom stereocenters. The molecule has 0 amide bonds. The molecule has 7 aliphatic heterocycles. The van der Waals surface area contributed by atoms with Gasteiger partial charge in [0.05, 0.1) is 17.0 Å². The molecule has 1 N–H and O–H groups in total. The summed E-state index contributed by atoms with van der Waals surface area (Å²) in [5.41, 5.74) is 6.93. The van der Waals surface area contributed by atoms with Crippen molar-refractivity contribution in [3.8, 4) is 23.0 Å². The zero-order chi connectivity index (χ0) is 37.0. The van der Waals surface area contributed by atoms with Gasteiger partial charge in [-0.2, -0.15) is 0 Å². The Morgan fingerprint density at radius 2 is 0.774 bits per heavy atom. The van der Waals surface area contributed by atoms with Crippen LogP contribution in [0.5, 0.6) is 23.0 Å². The van der Waals surface area contributed by atoms with E-state index >= 15 is 0 Å². The van der Waals surface area contributed by atoms with Crippen LogP contribution in [0.4, 0.5) is 0 Å². The number of carbonyl (C=O) groups is 1. The molecular weight excluding hydrogens is 663 g/mol. The second-order valence-corrected chi connectivity index (χ2v) is 14.4. The van der Waals surface area contributed by atoms with Gasteiger partial charge >= 0.3 is 5.97 Å². The Hall–Kier alpha value is -6.08. The fourth-order valence-corrected chi connectivity index (χ4v) is 6.70. The van der Waals surface area contributed by atoms with Crippen molar-refractivity contribution in [2.45, 2.75) is 65.0 Å². The lowest BCUT2D eigenvalue weighted by molar-refractivity contribution is 0.0690. The fourth-order valence-electron chi connectivity index (χ4n) is 6.70. The third-order valence-electron chi connectivity index (χ3n) is 10.2. The molecule has 0 spiro atoms. The van der Waals surface area contributed by atoms with E-state index in [2.05, 4.69) is 76.2 Å². The average Bonchev–Trinajstić information content (AvgIpc) is 3.18. The van der Waals surface area contributed by atoms with E-state index in [1.165, 1.54) is 0 Å². The van der Waals surface area contributed by atoms with Crippen molar-refractivity contribution < 1.29 is 28.8 Å². The summed E-state index contributed by atoms with van der Waals surface area (Å²) >= 11 is 0. The van der Waals surface area contributed by atoms with Crippen molar-refractivity contribution in [1.82, 2.24) is 4.98 Å². The summed E-state index contributed by atoms with van der Waals surface area (Å²) in [4.78, 5) is 17.3. The van der Waals surface area contributed by atoms with Crippen LogP contribution in [0, 0.1) is 0 Å². The minimum absolute atomic E-state index is 0.108. The van der Waals surface area contributed by atoms with Gasteiger partial charge in [-0.3, -0.25) is 4.98 Å². The van der Waals surface area contributed by atoms with Crippen molar-refractivity contribution in [2.24, 2.45) is 0 Å². The summed E-state index contributed by atoms with van der Waals surface area (Å²) in [6.07, 6.45) is 0. The molecule has 12 bridgehead atoms. The molecule has 8 heterocycles. The fraction of sp³-hybridized carbons (Fsp3) is 0.217. The molecule has 7 nitrogen and oxygen atoms in total. The van der Waals surface area contributed by atoms with Gasteiger partial charge in [0.1, 0.15) is 49.4 Å². The first-order chi connectivity index (χ1) is 25.6. The second-order valence-electron chi connectivity index (χ2n) is 14.4. The lowest BCUT2D eigenvalue weighted by Crippen LogP contribution is -2.18. The van der Waals surface area contributed by atoms with Gasteiger partial charge in [-0.15, -0.1) is 0 Å². The van der Waals surface area contributed by atoms with Gasteiger partial charge in [0.25, 0.3) is 0 Å². The van der Waals surface area contributed by atoms with Gasteiger partial charge in [0.15, 0.2) is 0 Å². The van der Waals surface area contributed by atoms with Gasteiger partial charge in [0, 0.05) is 22.0 Å². The summed E-state index contributed by atoms with van der Waals surface area (Å²) < 4.78 is 24.5. The lowest BCUT2D eigenvalue weighted by Gasteiger charge is -2.26. The first kappa shape index (κ1) is 35.3. The van der Waals surface area contributed by atoms with Crippen LogP contribution in [0.1, 0.15) is 82.8 Å². The van der Waals surface area contributed by atoms with E-state index < -0.39 is 5.97 Å². The van der Waals surface area contributed by atoms with E-state index in [1.807, 2.05) is 72.8 Å². The Morgan fingerprint density at radius 1 is 0.472 bits per heavy atom. The number of carboxylic acid groups (broad SMARTS) is 1. The second kappa shape index (κ2) is 14.9. The Kier molecular flexibility index (Phi) is 9.92. The molecule has 1 aromatic heterocycles. The monoisotopic (exact) mass is 705 g/mol. The predicted molar refractivity (Wildman–Crippen MR) is 205 cm³/mol. The van der Waals surface area contributed by atoms with E-state index in [0.29, 0.717) is 35.8 Å². The lowest BCUT2D eigenvalue weighted by atomic mass is 9.78. The minimum Gasteiger partial charge on any atom is -0.489 e. The van der Waals surface area contributed by atoms with Crippen molar-refractivity contribution in [2.75, 3.05) is 0 Å². The predicted octanol–water partition coefficient (Wildman–Crippen LogP) is 10.1. The van der Waals surface area contributed by atoms with Crippen LogP contribution in [0.15, 0.2) is 133 Å². The Labute approximate surface area is 310 Å². The highest BCUT2D eigenvalue weighted by Crippen LogP contribution is 2.35. The van der Waals surface area contributed by atoms with Crippen LogP contribution in [-0.4, -0.2) is 16.1 Å². The molecule has 53 heavy (non-hydrogen) atoms. The van der Waals surface area contributed by atoms with E-state index in [9.17, 15) is 9.90 Å². The molecule has 0 atom stereocenters. The number of pyridine rings is 1. The normalized spacial score (nSPS) is 15.2. The number of hydrogen-bond donors (Lipinski definition) is 1. The van der Waals surface area contributed by atoms with E-state index in [-0.39, 0.29) is 29.6 Å². The summed E-state index contributed by atoms with van der Waals surface area (Å²) in [6.45, 7) is 9.61. The number of rotatable bonds is 1. The molecular formula is C46H43NO6. The summed E-state index contributed by atoms with van der Waals surface area (Å²) in [6, 6.07) is 43.5. The van der Waals surface area contributed by atoms with E-state index in [1.54, 1.807) is 12.1 Å². The highest BCUT2D eigenvalue weighted by molar-refractivity contribution is 5.91. The zero-order valence-electron chi connectivity index (χ0n) is 30.5. The summed E-state index contributed by atoms with van der Waals surface area (Å²) in [5.74, 6) is 1.81. The van der Waals surface area contributed by atoms with Crippen LogP contribution in [0.2, 0.25) is 0 Å². The van der Waals surface area contributed by atoms with Crippen LogP contribution in [0.3, 0.4) is 0 Å². The third kappa shape index (κ3) is 7.90. The number of ether oxygens (including phenoxy) is 4. The molecule has 0 saturated heterocycles. The third-order valence-corrected chi connectivity index (χ3v) is 10.2. The maximum atomic E-state index is 12.5. The molecule has 268 valence electrons. The number of aromatic carboxylic acids is 1. The molecule has 0 fully saturated rings. The standard InChI is InChI=1S/C46H43NO6/c1-45(2)33-11-19-39(20-12-33)50-27-31-7-5-8-32(43(31)44(48)49)28-51-40-21-13-34(14-22-40)46(3,4)36-17-25-42(26-18-36)53-30-38-10-6-9-37(47-38)29-52-41-23-15-35(45)16-24-41/h5-26H,27-30H2,1-4H3,(H,48,49). The van der Waals surface area contributed by atoms with Crippen molar-refractivity contribution >= 4 is 5.97 Å². The van der Waals surface area contributed by atoms with Crippen LogP contribution in [-0.2, 0) is 37.3 Å². The van der Waals surface area contributed by atoms with Crippen LogP contribution in [0.25, 0.3) is 0 Å². The molecule has 13 rings (SSSR count).